The maximum Gasteiger partial charge on any atom is 0.253 e. The summed E-state index contributed by atoms with van der Waals surface area (Å²) in [6.45, 7) is 6.28. The van der Waals surface area contributed by atoms with Crippen LogP contribution in [0.3, 0.4) is 0 Å². The Hall–Kier alpha value is -1.03. The first-order chi connectivity index (χ1) is 7.90. The average molecular weight is 299 g/mol. The predicted molar refractivity (Wildman–Crippen MR) is 74.9 cm³/mol. The van der Waals surface area contributed by atoms with Crippen LogP contribution in [0.5, 0.6) is 0 Å². The molecular formula is C13H19BrN2O. The first-order valence-electron chi connectivity index (χ1n) is 5.76. The molecule has 0 saturated carbocycles. The van der Waals surface area contributed by atoms with Crippen LogP contribution in [0.15, 0.2) is 22.7 Å². The van der Waals surface area contributed by atoms with E-state index in [0.717, 1.165) is 10.9 Å². The van der Waals surface area contributed by atoms with Crippen LogP contribution < -0.4 is 11.1 Å². The van der Waals surface area contributed by atoms with E-state index < -0.39 is 0 Å². The van der Waals surface area contributed by atoms with Crippen LogP contribution >= 0.6 is 15.9 Å². The molecule has 94 valence electrons. The summed E-state index contributed by atoms with van der Waals surface area (Å²) >= 11 is 3.32. The van der Waals surface area contributed by atoms with E-state index in [2.05, 4.69) is 35.1 Å². The summed E-state index contributed by atoms with van der Waals surface area (Å²) in [5.41, 5.74) is 6.83. The van der Waals surface area contributed by atoms with Gasteiger partial charge in [-0.15, -0.1) is 0 Å². The molecule has 0 aliphatic rings. The Morgan fingerprint density at radius 1 is 1.41 bits per heavy atom. The van der Waals surface area contributed by atoms with Gasteiger partial charge in [-0.2, -0.15) is 0 Å². The van der Waals surface area contributed by atoms with Crippen LogP contribution in [-0.2, 0) is 0 Å². The Kier molecular flexibility index (Phi) is 5.00. The normalized spacial score (nSPS) is 12.5. The van der Waals surface area contributed by atoms with Gasteiger partial charge in [-0.3, -0.25) is 4.79 Å². The summed E-state index contributed by atoms with van der Waals surface area (Å²) in [4.78, 5) is 12.0. The number of nitrogen functional groups attached to an aromatic ring is 1. The number of benzene rings is 1. The fourth-order valence-corrected chi connectivity index (χ4v) is 2.19. The van der Waals surface area contributed by atoms with Gasteiger partial charge in [-0.25, -0.2) is 0 Å². The minimum Gasteiger partial charge on any atom is -0.398 e. The van der Waals surface area contributed by atoms with E-state index in [4.69, 9.17) is 5.73 Å². The molecule has 0 heterocycles. The van der Waals surface area contributed by atoms with Gasteiger partial charge in [0.05, 0.1) is 5.56 Å². The standard InChI is InChI=1S/C13H19BrN2O/c1-8(2)6-9(3)16-13(17)11-5-4-10(14)7-12(11)15/h4-5,7-9H,6,15H2,1-3H3,(H,16,17). The van der Waals surface area contributed by atoms with Crippen molar-refractivity contribution in [2.75, 3.05) is 5.73 Å². The van der Waals surface area contributed by atoms with Gasteiger partial charge in [0, 0.05) is 16.2 Å². The molecule has 1 atom stereocenters. The summed E-state index contributed by atoms with van der Waals surface area (Å²) in [5, 5.41) is 2.95. The molecule has 1 aromatic rings. The van der Waals surface area contributed by atoms with Crippen LogP contribution in [0.25, 0.3) is 0 Å². The van der Waals surface area contributed by atoms with Gasteiger partial charge in [0.1, 0.15) is 0 Å². The lowest BCUT2D eigenvalue weighted by Crippen LogP contribution is -2.33. The highest BCUT2D eigenvalue weighted by Gasteiger charge is 2.13. The number of anilines is 1. The largest absolute Gasteiger partial charge is 0.398 e. The zero-order chi connectivity index (χ0) is 13.0. The van der Waals surface area contributed by atoms with E-state index in [0.29, 0.717) is 17.2 Å². The third-order valence-electron chi connectivity index (χ3n) is 2.46. The number of carbonyl (C=O) groups is 1. The van der Waals surface area contributed by atoms with Crippen molar-refractivity contribution in [2.45, 2.75) is 33.2 Å². The van der Waals surface area contributed by atoms with Crippen molar-refractivity contribution in [3.63, 3.8) is 0 Å². The van der Waals surface area contributed by atoms with Gasteiger partial charge in [0.15, 0.2) is 0 Å². The zero-order valence-corrected chi connectivity index (χ0v) is 12.0. The monoisotopic (exact) mass is 298 g/mol. The summed E-state index contributed by atoms with van der Waals surface area (Å²) < 4.78 is 0.877. The SMILES string of the molecule is CC(C)CC(C)NC(=O)c1ccc(Br)cc1N. The van der Waals surface area contributed by atoms with Crippen LogP contribution in [0.1, 0.15) is 37.6 Å². The predicted octanol–water partition coefficient (Wildman–Crippen LogP) is 3.20. The van der Waals surface area contributed by atoms with E-state index >= 15 is 0 Å². The molecule has 1 rings (SSSR count). The Morgan fingerprint density at radius 2 is 2.06 bits per heavy atom. The van der Waals surface area contributed by atoms with Crippen molar-refractivity contribution in [1.82, 2.24) is 5.32 Å². The molecule has 1 aromatic carbocycles. The van der Waals surface area contributed by atoms with Gasteiger partial charge in [0.25, 0.3) is 5.91 Å². The summed E-state index contributed by atoms with van der Waals surface area (Å²) in [6, 6.07) is 5.45. The van der Waals surface area contributed by atoms with Crippen LogP contribution in [0.4, 0.5) is 5.69 Å². The van der Waals surface area contributed by atoms with E-state index in [-0.39, 0.29) is 11.9 Å². The molecule has 0 radical (unpaired) electrons. The van der Waals surface area contributed by atoms with Gasteiger partial charge < -0.3 is 11.1 Å². The number of hydrogen-bond donors (Lipinski definition) is 2. The van der Waals surface area contributed by atoms with Gasteiger partial charge in [-0.1, -0.05) is 29.8 Å². The topological polar surface area (TPSA) is 55.1 Å². The van der Waals surface area contributed by atoms with Crippen molar-refractivity contribution < 1.29 is 4.79 Å². The lowest BCUT2D eigenvalue weighted by atomic mass is 10.0. The molecule has 1 amide bonds. The quantitative estimate of drug-likeness (QED) is 0.839. The highest BCUT2D eigenvalue weighted by molar-refractivity contribution is 9.10. The van der Waals surface area contributed by atoms with Gasteiger partial charge in [0.2, 0.25) is 0 Å². The van der Waals surface area contributed by atoms with Crippen molar-refractivity contribution in [1.29, 1.82) is 0 Å². The fourth-order valence-electron chi connectivity index (χ4n) is 1.81. The molecular weight excluding hydrogens is 280 g/mol. The second-order valence-electron chi connectivity index (χ2n) is 4.74. The fraction of sp³-hybridized carbons (Fsp3) is 0.462. The second kappa shape index (κ2) is 6.05. The number of nitrogens with two attached hydrogens (primary N) is 1. The molecule has 3 N–H and O–H groups in total. The van der Waals surface area contributed by atoms with Crippen molar-refractivity contribution in [3.05, 3.63) is 28.2 Å². The van der Waals surface area contributed by atoms with Gasteiger partial charge in [-0.05, 0) is 37.5 Å². The maximum absolute atomic E-state index is 12.0. The third-order valence-corrected chi connectivity index (χ3v) is 2.95. The summed E-state index contributed by atoms with van der Waals surface area (Å²) in [5.74, 6) is 0.454. The first kappa shape index (κ1) is 14.0. The van der Waals surface area contributed by atoms with Crippen LogP contribution in [0, 0.1) is 5.92 Å². The number of hydrogen-bond acceptors (Lipinski definition) is 2. The van der Waals surface area contributed by atoms with E-state index in [1.54, 1.807) is 12.1 Å². The van der Waals surface area contributed by atoms with Crippen LogP contribution in [-0.4, -0.2) is 11.9 Å². The second-order valence-corrected chi connectivity index (χ2v) is 5.65. The van der Waals surface area contributed by atoms with Crippen molar-refractivity contribution in [3.8, 4) is 0 Å². The van der Waals surface area contributed by atoms with E-state index in [9.17, 15) is 4.79 Å². The number of halogens is 1. The van der Waals surface area contributed by atoms with E-state index in [1.165, 1.54) is 0 Å². The lowest BCUT2D eigenvalue weighted by molar-refractivity contribution is 0.0937. The van der Waals surface area contributed by atoms with Crippen molar-refractivity contribution >= 4 is 27.5 Å². The molecule has 0 spiro atoms. The molecule has 0 saturated heterocycles. The van der Waals surface area contributed by atoms with Crippen LogP contribution in [0.2, 0.25) is 0 Å². The minimum atomic E-state index is -0.108. The first-order valence-corrected chi connectivity index (χ1v) is 6.55. The van der Waals surface area contributed by atoms with Gasteiger partial charge >= 0.3 is 0 Å². The number of nitrogens with one attached hydrogen (secondary N) is 1. The Morgan fingerprint density at radius 3 is 2.59 bits per heavy atom. The molecule has 1 unspecified atom stereocenters. The van der Waals surface area contributed by atoms with Crippen molar-refractivity contribution in [2.24, 2.45) is 5.92 Å². The molecule has 0 aromatic heterocycles. The highest BCUT2D eigenvalue weighted by Crippen LogP contribution is 2.18. The minimum absolute atomic E-state index is 0.108. The Labute approximate surface area is 111 Å². The smallest absolute Gasteiger partial charge is 0.253 e. The molecule has 0 aliphatic carbocycles. The molecule has 0 fully saturated rings. The third kappa shape index (κ3) is 4.38. The molecule has 0 bridgehead atoms. The average Bonchev–Trinajstić information content (AvgIpc) is 2.15. The maximum atomic E-state index is 12.0. The summed E-state index contributed by atoms with van der Waals surface area (Å²) in [7, 11) is 0. The number of carbonyl (C=O) groups excluding carboxylic acids is 1. The zero-order valence-electron chi connectivity index (χ0n) is 10.5. The Balaban J connectivity index is 2.70. The van der Waals surface area contributed by atoms with E-state index in [1.807, 2.05) is 13.0 Å². The molecule has 3 nitrogen and oxygen atoms in total. The Bertz CT molecular complexity index is 404. The summed E-state index contributed by atoms with van der Waals surface area (Å²) in [6.07, 6.45) is 0.960. The number of amides is 1. The molecule has 17 heavy (non-hydrogen) atoms. The molecule has 4 heteroatoms. The number of rotatable bonds is 4. The highest BCUT2D eigenvalue weighted by atomic mass is 79.9. The lowest BCUT2D eigenvalue weighted by Gasteiger charge is -2.16. The molecule has 0 aliphatic heterocycles.